The van der Waals surface area contributed by atoms with Crippen LogP contribution in [-0.2, 0) is 16.1 Å². The molecule has 2 aromatic carbocycles. The van der Waals surface area contributed by atoms with Crippen molar-refractivity contribution >= 4 is 23.7 Å². The van der Waals surface area contributed by atoms with Crippen LogP contribution in [0.25, 0.3) is 0 Å². The molecule has 1 aliphatic rings. The third-order valence-corrected chi connectivity index (χ3v) is 6.89. The van der Waals surface area contributed by atoms with Gasteiger partial charge in [-0.15, -0.1) is 5.10 Å². The SMILES string of the molecule is CCCOC(=O)C1=C(C)Nc2nc(SCCC)nn2C1c1ccc(OCc2ccccc2F)c(OCC)c1. The van der Waals surface area contributed by atoms with Gasteiger partial charge in [0.1, 0.15) is 18.5 Å². The van der Waals surface area contributed by atoms with E-state index >= 15 is 0 Å². The predicted octanol–water partition coefficient (Wildman–Crippen LogP) is 6.14. The maximum atomic E-state index is 14.1. The first-order chi connectivity index (χ1) is 18.5. The maximum Gasteiger partial charge on any atom is 0.338 e. The molecule has 10 heteroatoms. The minimum atomic E-state index is -0.584. The fourth-order valence-electron chi connectivity index (χ4n) is 4.08. The van der Waals surface area contributed by atoms with Crippen LogP contribution in [-0.4, -0.2) is 39.7 Å². The number of benzene rings is 2. The molecule has 1 aromatic heterocycles. The highest BCUT2D eigenvalue weighted by molar-refractivity contribution is 7.99. The molecule has 0 fully saturated rings. The average molecular weight is 541 g/mol. The van der Waals surface area contributed by atoms with Crippen molar-refractivity contribution < 1.29 is 23.4 Å². The van der Waals surface area contributed by atoms with Gasteiger partial charge in [0.25, 0.3) is 0 Å². The molecule has 0 saturated heterocycles. The number of allylic oxidation sites excluding steroid dienone is 1. The number of carbonyl (C=O) groups excluding carboxylic acids is 1. The van der Waals surface area contributed by atoms with Gasteiger partial charge in [0.05, 0.1) is 18.8 Å². The van der Waals surface area contributed by atoms with E-state index in [1.807, 2.05) is 32.9 Å². The average Bonchev–Trinajstić information content (AvgIpc) is 3.32. The Bertz CT molecular complexity index is 1310. The number of rotatable bonds is 12. The summed E-state index contributed by atoms with van der Waals surface area (Å²) in [5.74, 6) is 1.65. The fourth-order valence-corrected chi connectivity index (χ4v) is 4.77. The number of nitrogens with zero attached hydrogens (tertiary/aromatic N) is 3. The van der Waals surface area contributed by atoms with E-state index in [-0.39, 0.29) is 12.4 Å². The first-order valence-corrected chi connectivity index (χ1v) is 13.8. The van der Waals surface area contributed by atoms with Crippen molar-refractivity contribution in [3.05, 3.63) is 70.7 Å². The molecule has 1 unspecified atom stereocenters. The number of halogens is 1. The second-order valence-electron chi connectivity index (χ2n) is 8.73. The molecule has 0 saturated carbocycles. The van der Waals surface area contributed by atoms with Gasteiger partial charge in [-0.05, 0) is 50.5 Å². The van der Waals surface area contributed by atoms with Crippen molar-refractivity contribution in [2.45, 2.75) is 58.3 Å². The number of anilines is 1. The number of nitrogens with one attached hydrogen (secondary N) is 1. The third kappa shape index (κ3) is 6.12. The summed E-state index contributed by atoms with van der Waals surface area (Å²) in [4.78, 5) is 17.9. The van der Waals surface area contributed by atoms with Crippen LogP contribution in [0.1, 0.15) is 57.7 Å². The zero-order valence-corrected chi connectivity index (χ0v) is 22.9. The van der Waals surface area contributed by atoms with Crippen LogP contribution in [0.4, 0.5) is 10.3 Å². The lowest BCUT2D eigenvalue weighted by atomic mass is 9.95. The summed E-state index contributed by atoms with van der Waals surface area (Å²) in [6.07, 6.45) is 1.70. The summed E-state index contributed by atoms with van der Waals surface area (Å²) in [7, 11) is 0. The Morgan fingerprint density at radius 3 is 2.66 bits per heavy atom. The molecule has 0 aliphatic carbocycles. The Labute approximate surface area is 226 Å². The first-order valence-electron chi connectivity index (χ1n) is 12.8. The number of ether oxygens (including phenoxy) is 3. The Hall–Kier alpha value is -3.53. The standard InChI is InChI=1S/C28H33FN4O4S/c1-5-14-36-26(34)24-18(4)30-27-31-28(38-15-6-2)32-33(27)25(24)19-12-13-22(23(16-19)35-7-3)37-17-20-10-8-9-11-21(20)29/h8-13,16,25H,5-7,14-15,17H2,1-4H3,(H,30,31,32). The highest BCUT2D eigenvalue weighted by Gasteiger charge is 2.35. The molecule has 202 valence electrons. The molecular weight excluding hydrogens is 507 g/mol. The first kappa shape index (κ1) is 27.5. The number of esters is 1. The van der Waals surface area contributed by atoms with Crippen molar-refractivity contribution in [3.63, 3.8) is 0 Å². The minimum Gasteiger partial charge on any atom is -0.490 e. The van der Waals surface area contributed by atoms with Gasteiger partial charge >= 0.3 is 5.97 Å². The number of carbonyl (C=O) groups is 1. The lowest BCUT2D eigenvalue weighted by Gasteiger charge is -2.28. The summed E-state index contributed by atoms with van der Waals surface area (Å²) >= 11 is 1.56. The zero-order valence-electron chi connectivity index (χ0n) is 22.1. The Balaban J connectivity index is 1.73. The lowest BCUT2D eigenvalue weighted by molar-refractivity contribution is -0.139. The van der Waals surface area contributed by atoms with E-state index in [0.29, 0.717) is 59.1 Å². The van der Waals surface area contributed by atoms with Gasteiger partial charge in [-0.3, -0.25) is 0 Å². The van der Waals surface area contributed by atoms with E-state index in [9.17, 15) is 9.18 Å². The zero-order chi connectivity index (χ0) is 27.1. The summed E-state index contributed by atoms with van der Waals surface area (Å²) < 4.78 is 33.2. The van der Waals surface area contributed by atoms with Crippen molar-refractivity contribution in [1.29, 1.82) is 0 Å². The molecular formula is C28H33FN4O4S. The Kier molecular flexibility index (Phi) is 9.28. The number of aromatic nitrogens is 3. The highest BCUT2D eigenvalue weighted by atomic mass is 32.2. The monoisotopic (exact) mass is 540 g/mol. The summed E-state index contributed by atoms with van der Waals surface area (Å²) in [5, 5.41) is 8.58. The number of hydrogen-bond donors (Lipinski definition) is 1. The molecule has 0 radical (unpaired) electrons. The Morgan fingerprint density at radius 2 is 1.92 bits per heavy atom. The Morgan fingerprint density at radius 1 is 1.11 bits per heavy atom. The number of fused-ring (bicyclic) bond motifs is 1. The van der Waals surface area contributed by atoms with Gasteiger partial charge in [0, 0.05) is 17.0 Å². The van der Waals surface area contributed by atoms with E-state index < -0.39 is 12.0 Å². The van der Waals surface area contributed by atoms with Crippen molar-refractivity contribution in [1.82, 2.24) is 14.8 Å². The number of hydrogen-bond acceptors (Lipinski definition) is 8. The molecule has 3 aromatic rings. The van der Waals surface area contributed by atoms with Gasteiger partial charge < -0.3 is 19.5 Å². The van der Waals surface area contributed by atoms with Crippen LogP contribution in [0.15, 0.2) is 58.9 Å². The normalized spacial score (nSPS) is 14.6. The summed E-state index contributed by atoms with van der Waals surface area (Å²) in [6, 6.07) is 11.4. The second kappa shape index (κ2) is 12.8. The van der Waals surface area contributed by atoms with Crippen LogP contribution in [0.3, 0.4) is 0 Å². The van der Waals surface area contributed by atoms with Gasteiger partial charge in [-0.25, -0.2) is 13.9 Å². The maximum absolute atomic E-state index is 14.1. The van der Waals surface area contributed by atoms with E-state index in [4.69, 9.17) is 19.3 Å². The molecule has 0 bridgehead atoms. The largest absolute Gasteiger partial charge is 0.490 e. The van der Waals surface area contributed by atoms with Gasteiger partial charge in [-0.1, -0.05) is 49.9 Å². The quantitative estimate of drug-likeness (QED) is 0.217. The fraction of sp³-hybridized carbons (Fsp3) is 0.393. The van der Waals surface area contributed by atoms with Crippen molar-refractivity contribution in [2.75, 3.05) is 24.3 Å². The van der Waals surface area contributed by atoms with Crippen LogP contribution < -0.4 is 14.8 Å². The molecule has 0 amide bonds. The van der Waals surface area contributed by atoms with Crippen LogP contribution in [0, 0.1) is 5.82 Å². The van der Waals surface area contributed by atoms with Crippen molar-refractivity contribution in [3.8, 4) is 11.5 Å². The lowest BCUT2D eigenvalue weighted by Crippen LogP contribution is -2.29. The van der Waals surface area contributed by atoms with Gasteiger partial charge in [-0.2, -0.15) is 4.98 Å². The summed E-state index contributed by atoms with van der Waals surface area (Å²) in [5.41, 5.74) is 2.31. The van der Waals surface area contributed by atoms with E-state index in [2.05, 4.69) is 17.2 Å². The smallest absolute Gasteiger partial charge is 0.338 e. The second-order valence-corrected chi connectivity index (χ2v) is 9.79. The topological polar surface area (TPSA) is 87.5 Å². The highest BCUT2D eigenvalue weighted by Crippen LogP contribution is 2.40. The van der Waals surface area contributed by atoms with E-state index in [0.717, 1.165) is 17.7 Å². The summed E-state index contributed by atoms with van der Waals surface area (Å²) in [6.45, 7) is 8.53. The van der Waals surface area contributed by atoms with Crippen LogP contribution in [0.2, 0.25) is 0 Å². The van der Waals surface area contributed by atoms with E-state index in [1.165, 1.54) is 6.07 Å². The molecule has 0 spiro atoms. The van der Waals surface area contributed by atoms with Gasteiger partial charge in [0.2, 0.25) is 11.1 Å². The molecule has 4 rings (SSSR count). The molecule has 1 atom stereocenters. The molecule has 38 heavy (non-hydrogen) atoms. The molecule has 2 heterocycles. The molecule has 8 nitrogen and oxygen atoms in total. The van der Waals surface area contributed by atoms with Crippen LogP contribution >= 0.6 is 11.8 Å². The predicted molar refractivity (Wildman–Crippen MR) is 145 cm³/mol. The number of thioether (sulfide) groups is 1. The van der Waals surface area contributed by atoms with Gasteiger partial charge in [0.15, 0.2) is 11.5 Å². The molecule has 1 aliphatic heterocycles. The minimum absolute atomic E-state index is 0.0539. The third-order valence-electron chi connectivity index (χ3n) is 5.85. The van der Waals surface area contributed by atoms with Crippen LogP contribution in [0.5, 0.6) is 11.5 Å². The van der Waals surface area contributed by atoms with E-state index in [1.54, 1.807) is 40.7 Å². The molecule has 1 N–H and O–H groups in total. The van der Waals surface area contributed by atoms with Crippen molar-refractivity contribution in [2.24, 2.45) is 0 Å².